The number of rotatable bonds is 5. The summed E-state index contributed by atoms with van der Waals surface area (Å²) in [5, 5.41) is 0. The third kappa shape index (κ3) is 2.85. The molecular formula is C13H22N3. The van der Waals surface area contributed by atoms with Crippen LogP contribution < -0.4 is 0 Å². The number of hydrogen-bond acceptors (Lipinski definition) is 2. The van der Waals surface area contributed by atoms with Crippen molar-refractivity contribution in [2.24, 2.45) is 0 Å². The molecule has 1 aromatic heterocycles. The summed E-state index contributed by atoms with van der Waals surface area (Å²) in [7, 11) is 0. The number of imidazole rings is 1. The van der Waals surface area contributed by atoms with E-state index < -0.39 is 0 Å². The molecule has 1 radical (unpaired) electrons. The first kappa shape index (κ1) is 11.6. The van der Waals surface area contributed by atoms with E-state index in [1.54, 1.807) is 0 Å². The van der Waals surface area contributed by atoms with E-state index in [1.807, 2.05) is 6.92 Å². The van der Waals surface area contributed by atoms with Crippen molar-refractivity contribution in [3.8, 4) is 0 Å². The fourth-order valence-electron chi connectivity index (χ4n) is 2.32. The van der Waals surface area contributed by atoms with Gasteiger partial charge in [0.15, 0.2) is 6.33 Å². The van der Waals surface area contributed by atoms with Gasteiger partial charge in [-0.3, -0.25) is 0 Å². The number of likely N-dealkylation sites (tertiary alicyclic amines) is 1. The van der Waals surface area contributed by atoms with Crippen LogP contribution in [-0.2, 0) is 6.54 Å². The molecule has 0 N–H and O–H groups in total. The van der Waals surface area contributed by atoms with Gasteiger partial charge in [-0.2, -0.15) is 0 Å². The van der Waals surface area contributed by atoms with Crippen LogP contribution in [-0.4, -0.2) is 34.1 Å². The summed E-state index contributed by atoms with van der Waals surface area (Å²) in [4.78, 5) is 6.78. The van der Waals surface area contributed by atoms with Crippen LogP contribution in [0.4, 0.5) is 0 Å². The first-order chi connectivity index (χ1) is 7.77. The predicted molar refractivity (Wildman–Crippen MR) is 65.4 cm³/mol. The number of aromatic nitrogens is 2. The number of unbranched alkanes of at least 4 members (excludes halogenated alkanes) is 1. The largest absolute Gasteiger partial charge is 0.326 e. The summed E-state index contributed by atoms with van der Waals surface area (Å²) in [6, 6.07) is 0. The second kappa shape index (κ2) is 5.48. The Balaban J connectivity index is 1.66. The molecule has 0 atom stereocenters. The highest BCUT2D eigenvalue weighted by Gasteiger charge is 2.10. The van der Waals surface area contributed by atoms with Crippen molar-refractivity contribution in [1.82, 2.24) is 14.5 Å². The van der Waals surface area contributed by atoms with Crippen LogP contribution in [0, 0.1) is 20.2 Å². The van der Waals surface area contributed by atoms with Crippen molar-refractivity contribution in [2.45, 2.75) is 46.1 Å². The summed E-state index contributed by atoms with van der Waals surface area (Å²) in [6.45, 7) is 9.14. The van der Waals surface area contributed by atoms with Gasteiger partial charge in [0.25, 0.3) is 0 Å². The lowest BCUT2D eigenvalue weighted by Gasteiger charge is -2.14. The van der Waals surface area contributed by atoms with Crippen molar-refractivity contribution in [3.05, 3.63) is 17.7 Å². The minimum absolute atomic E-state index is 1.07. The third-order valence-corrected chi connectivity index (χ3v) is 3.57. The Morgan fingerprint density at radius 1 is 1.12 bits per heavy atom. The normalized spacial score (nSPS) is 17.1. The smallest absolute Gasteiger partial charge is 0.176 e. The zero-order valence-electron chi connectivity index (χ0n) is 10.5. The van der Waals surface area contributed by atoms with Crippen molar-refractivity contribution in [1.29, 1.82) is 0 Å². The SMILES string of the molecule is Cc1n[c]n(CCCCN2CCCC2)c1C. The van der Waals surface area contributed by atoms with Gasteiger partial charge < -0.3 is 9.47 Å². The average molecular weight is 220 g/mol. The first-order valence-electron chi connectivity index (χ1n) is 6.41. The molecule has 1 saturated heterocycles. The van der Waals surface area contributed by atoms with E-state index in [4.69, 9.17) is 0 Å². The Morgan fingerprint density at radius 3 is 2.44 bits per heavy atom. The van der Waals surface area contributed by atoms with Crippen molar-refractivity contribution in [3.63, 3.8) is 0 Å². The van der Waals surface area contributed by atoms with Gasteiger partial charge >= 0.3 is 0 Å². The molecule has 1 fully saturated rings. The zero-order chi connectivity index (χ0) is 11.4. The molecular weight excluding hydrogens is 198 g/mol. The molecule has 1 aromatic rings. The van der Waals surface area contributed by atoms with Gasteiger partial charge in [0.1, 0.15) is 0 Å². The maximum Gasteiger partial charge on any atom is 0.176 e. The molecule has 2 rings (SSSR count). The quantitative estimate of drug-likeness (QED) is 0.709. The van der Waals surface area contributed by atoms with Gasteiger partial charge in [-0.15, -0.1) is 0 Å². The lowest BCUT2D eigenvalue weighted by molar-refractivity contribution is 0.326. The number of nitrogens with zero attached hydrogens (tertiary/aromatic N) is 3. The Hall–Kier alpha value is -0.830. The van der Waals surface area contributed by atoms with E-state index in [-0.39, 0.29) is 0 Å². The van der Waals surface area contributed by atoms with Crippen LogP contribution in [0.3, 0.4) is 0 Å². The third-order valence-electron chi connectivity index (χ3n) is 3.57. The van der Waals surface area contributed by atoms with Crippen LogP contribution in [0.1, 0.15) is 37.1 Å². The standard InChI is InChI=1S/C13H22N3/c1-12-13(2)16(11-14-12)10-6-5-9-15-7-3-4-8-15/h3-10H2,1-2H3. The van der Waals surface area contributed by atoms with Gasteiger partial charge in [-0.25, -0.2) is 4.98 Å². The van der Waals surface area contributed by atoms with Crippen LogP contribution in [0.2, 0.25) is 0 Å². The van der Waals surface area contributed by atoms with E-state index in [9.17, 15) is 0 Å². The minimum Gasteiger partial charge on any atom is -0.326 e. The summed E-state index contributed by atoms with van der Waals surface area (Å²) in [5.74, 6) is 0. The fourth-order valence-corrected chi connectivity index (χ4v) is 2.32. The molecule has 1 aliphatic rings. The van der Waals surface area contributed by atoms with Crippen molar-refractivity contribution < 1.29 is 0 Å². The monoisotopic (exact) mass is 220 g/mol. The lowest BCUT2D eigenvalue weighted by atomic mass is 10.3. The average Bonchev–Trinajstić information content (AvgIpc) is 2.88. The molecule has 0 aliphatic carbocycles. The van der Waals surface area contributed by atoms with Crippen molar-refractivity contribution >= 4 is 0 Å². The van der Waals surface area contributed by atoms with E-state index in [2.05, 4.69) is 27.7 Å². The highest BCUT2D eigenvalue weighted by molar-refractivity contribution is 5.07. The maximum absolute atomic E-state index is 4.20. The molecule has 3 nitrogen and oxygen atoms in total. The lowest BCUT2D eigenvalue weighted by Crippen LogP contribution is -2.20. The van der Waals surface area contributed by atoms with Crippen molar-refractivity contribution in [2.75, 3.05) is 19.6 Å². The Morgan fingerprint density at radius 2 is 1.81 bits per heavy atom. The molecule has 0 spiro atoms. The highest BCUT2D eigenvalue weighted by Crippen LogP contribution is 2.09. The Labute approximate surface area is 98.5 Å². The maximum atomic E-state index is 4.20. The topological polar surface area (TPSA) is 21.1 Å². The fraction of sp³-hybridized carbons (Fsp3) is 0.769. The van der Waals surface area contributed by atoms with Gasteiger partial charge in [-0.05, 0) is 59.2 Å². The molecule has 89 valence electrons. The molecule has 0 unspecified atom stereocenters. The van der Waals surface area contributed by atoms with E-state index in [0.29, 0.717) is 0 Å². The zero-order valence-corrected chi connectivity index (χ0v) is 10.5. The predicted octanol–water partition coefficient (Wildman–Crippen LogP) is 2.18. The van der Waals surface area contributed by atoms with Gasteiger partial charge in [0.2, 0.25) is 0 Å². The van der Waals surface area contributed by atoms with E-state index in [0.717, 1.165) is 12.2 Å². The molecule has 0 amide bonds. The number of aryl methyl sites for hydroxylation is 2. The van der Waals surface area contributed by atoms with Crippen LogP contribution >= 0.6 is 0 Å². The molecule has 0 saturated carbocycles. The van der Waals surface area contributed by atoms with Gasteiger partial charge in [0.05, 0.1) is 5.69 Å². The van der Waals surface area contributed by atoms with Crippen LogP contribution in [0.25, 0.3) is 0 Å². The Kier molecular flexibility index (Phi) is 3.99. The van der Waals surface area contributed by atoms with Crippen LogP contribution in [0.15, 0.2) is 0 Å². The summed E-state index contributed by atoms with van der Waals surface area (Å²) in [5.41, 5.74) is 2.38. The van der Waals surface area contributed by atoms with Gasteiger partial charge in [0, 0.05) is 12.2 Å². The highest BCUT2D eigenvalue weighted by atomic mass is 15.1. The first-order valence-corrected chi connectivity index (χ1v) is 6.41. The molecule has 3 heteroatoms. The Bertz CT molecular complexity index is 324. The summed E-state index contributed by atoms with van der Waals surface area (Å²) >= 11 is 0. The molecule has 0 bridgehead atoms. The molecule has 16 heavy (non-hydrogen) atoms. The van der Waals surface area contributed by atoms with E-state index in [1.165, 1.54) is 51.0 Å². The summed E-state index contributed by atoms with van der Waals surface area (Å²) in [6.07, 6.45) is 8.38. The number of hydrogen-bond donors (Lipinski definition) is 0. The molecule has 1 aliphatic heterocycles. The second-order valence-corrected chi connectivity index (χ2v) is 4.79. The van der Waals surface area contributed by atoms with E-state index >= 15 is 0 Å². The minimum atomic E-state index is 1.07. The molecule has 2 heterocycles. The summed E-state index contributed by atoms with van der Waals surface area (Å²) < 4.78 is 2.15. The van der Waals surface area contributed by atoms with Crippen LogP contribution in [0.5, 0.6) is 0 Å². The molecule has 0 aromatic carbocycles. The second-order valence-electron chi connectivity index (χ2n) is 4.79. The van der Waals surface area contributed by atoms with Gasteiger partial charge in [-0.1, -0.05) is 0 Å².